The van der Waals surface area contributed by atoms with Crippen molar-refractivity contribution in [1.82, 2.24) is 4.57 Å². The predicted octanol–water partition coefficient (Wildman–Crippen LogP) is 4.62. The maximum Gasteiger partial charge on any atom is 0.340 e. The first-order valence-electron chi connectivity index (χ1n) is 8.31. The summed E-state index contributed by atoms with van der Waals surface area (Å²) in [5.41, 5.74) is 3.64. The third-order valence-electron chi connectivity index (χ3n) is 4.67. The Morgan fingerprint density at radius 1 is 1.12 bits per heavy atom. The SMILES string of the molecule is CCOC(=O)c1c(C)n(CC)c2c1c(C)c(OC)c1ccccc12. The zero-order chi connectivity index (χ0) is 17.4. The van der Waals surface area contributed by atoms with E-state index in [1.165, 1.54) is 0 Å². The Labute approximate surface area is 142 Å². The van der Waals surface area contributed by atoms with Crippen LogP contribution in [0.4, 0.5) is 0 Å². The molecule has 0 saturated carbocycles. The quantitative estimate of drug-likeness (QED) is 0.657. The molecule has 0 unspecified atom stereocenters. The molecule has 0 amide bonds. The van der Waals surface area contributed by atoms with Crippen molar-refractivity contribution in [2.75, 3.05) is 13.7 Å². The molecule has 3 aromatic rings. The van der Waals surface area contributed by atoms with Crippen LogP contribution in [0.25, 0.3) is 21.7 Å². The summed E-state index contributed by atoms with van der Waals surface area (Å²) in [6.07, 6.45) is 0. The molecular formula is C20H23NO3. The van der Waals surface area contributed by atoms with Gasteiger partial charge in [0.1, 0.15) is 5.75 Å². The van der Waals surface area contributed by atoms with E-state index in [1.54, 1.807) is 7.11 Å². The number of aromatic nitrogens is 1. The smallest absolute Gasteiger partial charge is 0.340 e. The zero-order valence-corrected chi connectivity index (χ0v) is 14.9. The molecule has 0 bridgehead atoms. The fraction of sp³-hybridized carbons (Fsp3) is 0.350. The average molecular weight is 325 g/mol. The molecule has 0 N–H and O–H groups in total. The molecule has 0 radical (unpaired) electrons. The highest BCUT2D eigenvalue weighted by molar-refractivity contribution is 6.18. The number of esters is 1. The number of benzene rings is 2. The van der Waals surface area contributed by atoms with E-state index >= 15 is 0 Å². The van der Waals surface area contributed by atoms with Gasteiger partial charge < -0.3 is 14.0 Å². The topological polar surface area (TPSA) is 40.5 Å². The van der Waals surface area contributed by atoms with Gasteiger partial charge in [-0.15, -0.1) is 0 Å². The molecule has 4 nitrogen and oxygen atoms in total. The summed E-state index contributed by atoms with van der Waals surface area (Å²) >= 11 is 0. The van der Waals surface area contributed by atoms with Crippen molar-refractivity contribution in [3.63, 3.8) is 0 Å². The van der Waals surface area contributed by atoms with Crippen LogP contribution in [-0.2, 0) is 11.3 Å². The van der Waals surface area contributed by atoms with Crippen LogP contribution in [0, 0.1) is 13.8 Å². The molecule has 4 heteroatoms. The second kappa shape index (κ2) is 6.19. The van der Waals surface area contributed by atoms with Crippen LogP contribution in [0.1, 0.15) is 35.5 Å². The second-order valence-corrected chi connectivity index (χ2v) is 5.85. The number of ether oxygens (including phenoxy) is 2. The summed E-state index contributed by atoms with van der Waals surface area (Å²) in [6.45, 7) is 9.06. The van der Waals surface area contributed by atoms with Crippen LogP contribution in [0.15, 0.2) is 24.3 Å². The van der Waals surface area contributed by atoms with Gasteiger partial charge in [0.15, 0.2) is 0 Å². The molecule has 0 aliphatic carbocycles. The molecule has 0 aliphatic rings. The lowest BCUT2D eigenvalue weighted by Crippen LogP contribution is -2.07. The predicted molar refractivity (Wildman–Crippen MR) is 97.1 cm³/mol. The molecule has 0 aliphatic heterocycles. The Kier molecular flexibility index (Phi) is 4.22. The molecule has 24 heavy (non-hydrogen) atoms. The zero-order valence-electron chi connectivity index (χ0n) is 14.9. The van der Waals surface area contributed by atoms with Gasteiger partial charge in [-0.25, -0.2) is 4.79 Å². The van der Waals surface area contributed by atoms with Crippen LogP contribution in [-0.4, -0.2) is 24.3 Å². The number of carbonyl (C=O) groups excluding carboxylic acids is 1. The van der Waals surface area contributed by atoms with Crippen LogP contribution >= 0.6 is 0 Å². The Bertz CT molecular complexity index is 937. The number of methoxy groups -OCH3 is 1. The number of rotatable bonds is 4. The van der Waals surface area contributed by atoms with Crippen molar-refractivity contribution >= 4 is 27.6 Å². The minimum Gasteiger partial charge on any atom is -0.496 e. The molecule has 0 spiro atoms. The van der Waals surface area contributed by atoms with E-state index in [9.17, 15) is 4.79 Å². The van der Waals surface area contributed by atoms with Gasteiger partial charge in [-0.05, 0) is 27.7 Å². The number of hydrogen-bond acceptors (Lipinski definition) is 3. The summed E-state index contributed by atoms with van der Waals surface area (Å²) in [5.74, 6) is 0.546. The van der Waals surface area contributed by atoms with Gasteiger partial charge in [0.25, 0.3) is 0 Å². The minimum absolute atomic E-state index is 0.271. The lowest BCUT2D eigenvalue weighted by molar-refractivity contribution is 0.0527. The number of nitrogens with zero attached hydrogens (tertiary/aromatic N) is 1. The Morgan fingerprint density at radius 3 is 2.38 bits per heavy atom. The first-order valence-corrected chi connectivity index (χ1v) is 8.31. The summed E-state index contributed by atoms with van der Waals surface area (Å²) in [4.78, 5) is 12.6. The third-order valence-corrected chi connectivity index (χ3v) is 4.67. The molecule has 126 valence electrons. The van der Waals surface area contributed by atoms with Gasteiger partial charge >= 0.3 is 5.97 Å². The van der Waals surface area contributed by atoms with Crippen LogP contribution in [0.2, 0.25) is 0 Å². The van der Waals surface area contributed by atoms with E-state index in [1.807, 2.05) is 32.9 Å². The van der Waals surface area contributed by atoms with Crippen molar-refractivity contribution in [2.24, 2.45) is 0 Å². The van der Waals surface area contributed by atoms with Crippen molar-refractivity contribution < 1.29 is 14.3 Å². The lowest BCUT2D eigenvalue weighted by atomic mass is 9.98. The summed E-state index contributed by atoms with van der Waals surface area (Å²) in [6, 6.07) is 8.17. The first-order chi connectivity index (χ1) is 11.6. The molecule has 3 rings (SSSR count). The molecular weight excluding hydrogens is 302 g/mol. The van der Waals surface area contributed by atoms with E-state index in [4.69, 9.17) is 9.47 Å². The summed E-state index contributed by atoms with van der Waals surface area (Å²) in [5, 5.41) is 3.09. The lowest BCUT2D eigenvalue weighted by Gasteiger charge is -2.13. The third kappa shape index (κ3) is 2.17. The van der Waals surface area contributed by atoms with Crippen molar-refractivity contribution in [3.05, 3.63) is 41.1 Å². The fourth-order valence-corrected chi connectivity index (χ4v) is 3.70. The van der Waals surface area contributed by atoms with Gasteiger partial charge in [0, 0.05) is 34.0 Å². The van der Waals surface area contributed by atoms with Crippen LogP contribution < -0.4 is 4.74 Å². The van der Waals surface area contributed by atoms with Gasteiger partial charge in [-0.3, -0.25) is 0 Å². The number of fused-ring (bicyclic) bond motifs is 3. The van der Waals surface area contributed by atoms with E-state index < -0.39 is 0 Å². The molecule has 1 aromatic heterocycles. The highest BCUT2D eigenvalue weighted by Gasteiger charge is 2.25. The van der Waals surface area contributed by atoms with Gasteiger partial charge in [-0.1, -0.05) is 24.3 Å². The maximum atomic E-state index is 12.6. The number of aryl methyl sites for hydroxylation is 2. The normalized spacial score (nSPS) is 11.2. The van der Waals surface area contributed by atoms with E-state index in [0.29, 0.717) is 12.2 Å². The maximum absolute atomic E-state index is 12.6. The highest BCUT2D eigenvalue weighted by atomic mass is 16.5. The Hall–Kier alpha value is -2.49. The molecule has 1 heterocycles. The summed E-state index contributed by atoms with van der Waals surface area (Å²) in [7, 11) is 1.67. The summed E-state index contributed by atoms with van der Waals surface area (Å²) < 4.78 is 13.2. The van der Waals surface area contributed by atoms with Crippen LogP contribution in [0.5, 0.6) is 5.75 Å². The van der Waals surface area contributed by atoms with E-state index in [2.05, 4.69) is 23.6 Å². The number of hydrogen-bond donors (Lipinski definition) is 0. The molecule has 2 aromatic carbocycles. The Morgan fingerprint density at radius 2 is 1.79 bits per heavy atom. The number of carbonyl (C=O) groups is 1. The largest absolute Gasteiger partial charge is 0.496 e. The van der Waals surface area contributed by atoms with Crippen molar-refractivity contribution in [2.45, 2.75) is 34.2 Å². The molecule has 0 fully saturated rings. The van der Waals surface area contributed by atoms with Gasteiger partial charge in [0.2, 0.25) is 0 Å². The standard InChI is InChI=1S/C20H23NO3/c1-6-21-13(4)17(20(22)24-7-2)16-12(3)19(23-5)15-11-9-8-10-14(15)18(16)21/h8-11H,6-7H2,1-5H3. The second-order valence-electron chi connectivity index (χ2n) is 5.85. The molecule has 0 atom stereocenters. The average Bonchev–Trinajstić information content (AvgIpc) is 2.88. The van der Waals surface area contributed by atoms with E-state index in [-0.39, 0.29) is 5.97 Å². The monoisotopic (exact) mass is 325 g/mol. The first kappa shape index (κ1) is 16.4. The minimum atomic E-state index is -0.271. The Balaban J connectivity index is 2.58. The fourth-order valence-electron chi connectivity index (χ4n) is 3.70. The van der Waals surface area contributed by atoms with Gasteiger partial charge in [-0.2, -0.15) is 0 Å². The highest BCUT2D eigenvalue weighted by Crippen LogP contribution is 2.41. The van der Waals surface area contributed by atoms with Crippen molar-refractivity contribution in [3.8, 4) is 5.75 Å². The van der Waals surface area contributed by atoms with E-state index in [0.717, 1.165) is 45.2 Å². The molecule has 0 saturated heterocycles. The van der Waals surface area contributed by atoms with Crippen LogP contribution in [0.3, 0.4) is 0 Å². The van der Waals surface area contributed by atoms with Crippen molar-refractivity contribution in [1.29, 1.82) is 0 Å². The van der Waals surface area contributed by atoms with Gasteiger partial charge in [0.05, 0.1) is 24.8 Å².